The lowest BCUT2D eigenvalue weighted by Gasteiger charge is -2.40. The standard InChI is InChI=1S/C32H27F4N3O2/c1-18-14-19(2)25(15-20(18)17-41-24-12-8-22(33)9-13-24)29-26(16-37)31(38)39(27-4-3-5-28(40)30(27)29)23-10-6-21(7-11-23)32(34,35)36/h6-15,29H,3-5,17,38H2,1-2H3. The Hall–Kier alpha value is -4.58. The van der Waals surface area contributed by atoms with Crippen molar-refractivity contribution >= 4 is 11.5 Å². The molecule has 0 radical (unpaired) electrons. The average molecular weight is 562 g/mol. The molecule has 1 atom stereocenters. The summed E-state index contributed by atoms with van der Waals surface area (Å²) in [6, 6.07) is 16.3. The van der Waals surface area contributed by atoms with Crippen molar-refractivity contribution in [2.24, 2.45) is 5.73 Å². The van der Waals surface area contributed by atoms with E-state index < -0.39 is 17.7 Å². The van der Waals surface area contributed by atoms with Gasteiger partial charge in [-0.05, 0) is 97.5 Å². The summed E-state index contributed by atoms with van der Waals surface area (Å²) in [6.07, 6.45) is -3.18. The van der Waals surface area contributed by atoms with Gasteiger partial charge in [0.1, 0.15) is 24.0 Å². The van der Waals surface area contributed by atoms with E-state index in [1.807, 2.05) is 26.0 Å². The van der Waals surface area contributed by atoms with Gasteiger partial charge in [-0.1, -0.05) is 12.1 Å². The van der Waals surface area contributed by atoms with Crippen LogP contribution in [0.5, 0.6) is 5.75 Å². The summed E-state index contributed by atoms with van der Waals surface area (Å²) in [5, 5.41) is 10.3. The number of rotatable bonds is 5. The minimum absolute atomic E-state index is 0.0785. The summed E-state index contributed by atoms with van der Waals surface area (Å²) in [5.74, 6) is -0.665. The Bertz CT molecular complexity index is 1610. The Morgan fingerprint density at radius 2 is 1.71 bits per heavy atom. The second-order valence-electron chi connectivity index (χ2n) is 10.2. The number of ether oxygens (including phenoxy) is 1. The molecule has 0 amide bonds. The van der Waals surface area contributed by atoms with Gasteiger partial charge in [-0.25, -0.2) is 4.39 Å². The summed E-state index contributed by atoms with van der Waals surface area (Å²) >= 11 is 0. The van der Waals surface area contributed by atoms with E-state index in [0.29, 0.717) is 42.0 Å². The highest BCUT2D eigenvalue weighted by atomic mass is 19.4. The zero-order chi connectivity index (χ0) is 29.5. The molecule has 0 aromatic heterocycles. The number of allylic oxidation sites excluding steroid dienone is 3. The molecule has 1 aliphatic heterocycles. The molecular weight excluding hydrogens is 534 g/mol. The molecule has 41 heavy (non-hydrogen) atoms. The molecule has 1 unspecified atom stereocenters. The maximum Gasteiger partial charge on any atom is 0.416 e. The van der Waals surface area contributed by atoms with Crippen molar-refractivity contribution in [2.45, 2.75) is 51.8 Å². The van der Waals surface area contributed by atoms with Crippen molar-refractivity contribution in [1.29, 1.82) is 5.26 Å². The molecule has 0 saturated carbocycles. The molecular formula is C32H27F4N3O2. The number of ketones is 1. The molecule has 2 N–H and O–H groups in total. The van der Waals surface area contributed by atoms with Gasteiger partial charge >= 0.3 is 6.18 Å². The summed E-state index contributed by atoms with van der Waals surface area (Å²) in [6.45, 7) is 4.00. The maximum absolute atomic E-state index is 13.5. The Kier molecular flexibility index (Phi) is 7.35. The van der Waals surface area contributed by atoms with Crippen LogP contribution in [0.15, 0.2) is 83.3 Å². The molecule has 0 spiro atoms. The molecule has 0 fully saturated rings. The van der Waals surface area contributed by atoms with Crippen molar-refractivity contribution < 1.29 is 27.1 Å². The largest absolute Gasteiger partial charge is 0.489 e. The van der Waals surface area contributed by atoms with E-state index in [-0.39, 0.29) is 29.6 Å². The van der Waals surface area contributed by atoms with Gasteiger partial charge in [0.05, 0.1) is 23.1 Å². The number of anilines is 1. The minimum Gasteiger partial charge on any atom is -0.489 e. The Balaban J connectivity index is 1.60. The molecule has 3 aromatic carbocycles. The predicted octanol–water partition coefficient (Wildman–Crippen LogP) is 7.35. The first-order valence-electron chi connectivity index (χ1n) is 13.1. The highest BCUT2D eigenvalue weighted by Crippen LogP contribution is 2.47. The zero-order valence-electron chi connectivity index (χ0n) is 22.5. The monoisotopic (exact) mass is 561 g/mol. The van der Waals surface area contributed by atoms with Crippen molar-refractivity contribution in [3.8, 4) is 11.8 Å². The fraction of sp³-hybridized carbons (Fsp3) is 0.250. The lowest BCUT2D eigenvalue weighted by molar-refractivity contribution is -0.137. The third kappa shape index (κ3) is 5.30. The topological polar surface area (TPSA) is 79.4 Å². The fourth-order valence-electron chi connectivity index (χ4n) is 5.57. The molecule has 210 valence electrons. The van der Waals surface area contributed by atoms with Crippen LogP contribution in [0.2, 0.25) is 0 Å². The Morgan fingerprint density at radius 1 is 1.02 bits per heavy atom. The molecule has 0 saturated heterocycles. The zero-order valence-corrected chi connectivity index (χ0v) is 22.5. The van der Waals surface area contributed by atoms with E-state index >= 15 is 0 Å². The normalized spacial score (nSPS) is 17.4. The van der Waals surface area contributed by atoms with E-state index in [2.05, 4.69) is 6.07 Å². The molecule has 1 aliphatic carbocycles. The number of hydrogen-bond acceptors (Lipinski definition) is 5. The van der Waals surface area contributed by atoms with E-state index in [4.69, 9.17) is 10.5 Å². The second kappa shape index (κ2) is 10.8. The molecule has 1 heterocycles. The number of carbonyl (C=O) groups excluding carboxylic acids is 1. The van der Waals surface area contributed by atoms with Gasteiger partial charge in [0, 0.05) is 23.4 Å². The van der Waals surface area contributed by atoms with Crippen LogP contribution in [-0.4, -0.2) is 5.78 Å². The molecule has 5 nitrogen and oxygen atoms in total. The Morgan fingerprint density at radius 3 is 2.34 bits per heavy atom. The first-order valence-corrected chi connectivity index (χ1v) is 13.1. The van der Waals surface area contributed by atoms with Crippen LogP contribution in [0.4, 0.5) is 23.2 Å². The molecule has 0 bridgehead atoms. The summed E-state index contributed by atoms with van der Waals surface area (Å²) in [7, 11) is 0. The highest BCUT2D eigenvalue weighted by Gasteiger charge is 2.41. The van der Waals surface area contributed by atoms with E-state index in [0.717, 1.165) is 34.4 Å². The van der Waals surface area contributed by atoms with Crippen molar-refractivity contribution in [1.82, 2.24) is 0 Å². The highest BCUT2D eigenvalue weighted by molar-refractivity contribution is 6.01. The number of Topliss-reactive ketones (excluding diaryl/α,β-unsaturated/α-hetero) is 1. The number of halogens is 4. The molecule has 3 aromatic rings. The van der Waals surface area contributed by atoms with Crippen molar-refractivity contribution in [3.63, 3.8) is 0 Å². The predicted molar refractivity (Wildman–Crippen MR) is 146 cm³/mol. The van der Waals surface area contributed by atoms with Crippen LogP contribution in [0.1, 0.15) is 53.0 Å². The SMILES string of the molecule is Cc1cc(C)c(C2C(C#N)=C(N)N(c3ccc(C(F)(F)F)cc3)C3=C2C(=O)CCC3)cc1COc1ccc(F)cc1. The summed E-state index contributed by atoms with van der Waals surface area (Å²) in [4.78, 5) is 15.0. The van der Waals surface area contributed by atoms with Gasteiger partial charge in [-0.3, -0.25) is 9.69 Å². The van der Waals surface area contributed by atoms with Crippen LogP contribution in [0.3, 0.4) is 0 Å². The number of nitrogens with zero attached hydrogens (tertiary/aromatic N) is 2. The van der Waals surface area contributed by atoms with Gasteiger partial charge in [0.25, 0.3) is 0 Å². The third-order valence-corrected chi connectivity index (χ3v) is 7.61. The maximum atomic E-state index is 13.5. The first-order chi connectivity index (χ1) is 19.5. The molecule has 9 heteroatoms. The number of benzene rings is 3. The van der Waals surface area contributed by atoms with Crippen LogP contribution in [0, 0.1) is 31.0 Å². The number of nitrogens with two attached hydrogens (primary N) is 1. The quantitative estimate of drug-likeness (QED) is 0.330. The van der Waals surface area contributed by atoms with Gasteiger partial charge in [-0.15, -0.1) is 0 Å². The van der Waals surface area contributed by atoms with Crippen LogP contribution in [-0.2, 0) is 17.6 Å². The van der Waals surface area contributed by atoms with E-state index in [1.54, 1.807) is 4.90 Å². The van der Waals surface area contributed by atoms with Crippen LogP contribution >= 0.6 is 0 Å². The lowest BCUT2D eigenvalue weighted by Crippen LogP contribution is -2.39. The van der Waals surface area contributed by atoms with E-state index in [1.165, 1.54) is 36.4 Å². The van der Waals surface area contributed by atoms with E-state index in [9.17, 15) is 27.6 Å². The third-order valence-electron chi connectivity index (χ3n) is 7.61. The second-order valence-corrected chi connectivity index (χ2v) is 10.2. The van der Waals surface area contributed by atoms with Crippen LogP contribution < -0.4 is 15.4 Å². The van der Waals surface area contributed by atoms with Gasteiger partial charge in [0.2, 0.25) is 0 Å². The Labute approximate surface area is 235 Å². The number of aryl methyl sites for hydroxylation is 2. The molecule has 2 aliphatic rings. The van der Waals surface area contributed by atoms with Crippen molar-refractivity contribution in [3.05, 3.63) is 117 Å². The first kappa shape index (κ1) is 28.0. The summed E-state index contributed by atoms with van der Waals surface area (Å²) < 4.78 is 58.8. The average Bonchev–Trinajstić information content (AvgIpc) is 2.93. The van der Waals surface area contributed by atoms with Crippen molar-refractivity contribution in [2.75, 3.05) is 4.90 Å². The van der Waals surface area contributed by atoms with Gasteiger partial charge in [-0.2, -0.15) is 18.4 Å². The number of carbonyl (C=O) groups is 1. The lowest BCUT2D eigenvalue weighted by atomic mass is 9.74. The number of hydrogen-bond donors (Lipinski definition) is 1. The van der Waals surface area contributed by atoms with Gasteiger partial charge < -0.3 is 10.5 Å². The molecule has 5 rings (SSSR count). The smallest absolute Gasteiger partial charge is 0.416 e. The number of nitriles is 1. The number of alkyl halides is 3. The minimum atomic E-state index is -4.50. The fourth-order valence-corrected chi connectivity index (χ4v) is 5.57. The van der Waals surface area contributed by atoms with Crippen LogP contribution in [0.25, 0.3) is 0 Å². The van der Waals surface area contributed by atoms with Gasteiger partial charge in [0.15, 0.2) is 5.78 Å². The summed E-state index contributed by atoms with van der Waals surface area (Å²) in [5.41, 5.74) is 10.6.